The second-order valence-electron chi connectivity index (χ2n) is 4.10. The van der Waals surface area contributed by atoms with E-state index < -0.39 is 10.9 Å². The zero-order valence-electron chi connectivity index (χ0n) is 11.1. The minimum Gasteiger partial charge on any atom is -0.313 e. The zero-order chi connectivity index (χ0) is 15.2. The number of nitrogens with zero attached hydrogens (tertiary/aromatic N) is 3. The Morgan fingerprint density at radius 2 is 1.76 bits per heavy atom. The van der Waals surface area contributed by atoms with Crippen LogP contribution >= 0.6 is 0 Å². The molecule has 1 aromatic heterocycles. The third kappa shape index (κ3) is 3.69. The van der Waals surface area contributed by atoms with E-state index >= 15 is 0 Å². The summed E-state index contributed by atoms with van der Waals surface area (Å²) in [7, 11) is 0. The average molecular weight is 285 g/mol. The van der Waals surface area contributed by atoms with Gasteiger partial charge in [0, 0.05) is 30.1 Å². The zero-order valence-corrected chi connectivity index (χ0v) is 11.1. The quantitative estimate of drug-likeness (QED) is 0.372. The number of oxime groups is 1. The van der Waals surface area contributed by atoms with Gasteiger partial charge in [-0.25, -0.2) is 4.79 Å². The van der Waals surface area contributed by atoms with Crippen LogP contribution in [0.15, 0.2) is 53.9 Å². The maximum atomic E-state index is 11.8. The summed E-state index contributed by atoms with van der Waals surface area (Å²) >= 11 is 0. The lowest BCUT2D eigenvalue weighted by atomic mass is 10.2. The first kappa shape index (κ1) is 14.3. The van der Waals surface area contributed by atoms with Gasteiger partial charge in [0.05, 0.1) is 16.2 Å². The molecule has 0 radical (unpaired) electrons. The standard InChI is InChI=1S/C14H11N3O4/c1-10(11-6-8-15-9-7-11)16-21-14(18)12-2-4-13(5-3-12)17(19)20/h2-9H,1H3/b16-10-. The van der Waals surface area contributed by atoms with Crippen molar-refractivity contribution >= 4 is 17.4 Å². The number of carbonyl (C=O) groups excluding carboxylic acids is 1. The summed E-state index contributed by atoms with van der Waals surface area (Å²) in [5.74, 6) is -0.682. The van der Waals surface area contributed by atoms with E-state index in [-0.39, 0.29) is 11.3 Å². The summed E-state index contributed by atoms with van der Waals surface area (Å²) in [4.78, 5) is 30.4. The van der Waals surface area contributed by atoms with Crippen molar-refractivity contribution in [2.24, 2.45) is 5.16 Å². The van der Waals surface area contributed by atoms with Crippen molar-refractivity contribution in [1.82, 2.24) is 4.98 Å². The van der Waals surface area contributed by atoms with Crippen molar-refractivity contribution in [3.8, 4) is 0 Å². The second-order valence-corrected chi connectivity index (χ2v) is 4.10. The molecular formula is C14H11N3O4. The van der Waals surface area contributed by atoms with Crippen LogP contribution in [0, 0.1) is 10.1 Å². The summed E-state index contributed by atoms with van der Waals surface area (Å²) < 4.78 is 0. The van der Waals surface area contributed by atoms with Gasteiger partial charge in [0.25, 0.3) is 5.69 Å². The molecule has 1 aromatic carbocycles. The normalized spacial score (nSPS) is 11.0. The maximum absolute atomic E-state index is 11.8. The minimum atomic E-state index is -0.682. The lowest BCUT2D eigenvalue weighted by molar-refractivity contribution is -0.384. The van der Waals surface area contributed by atoms with Crippen molar-refractivity contribution in [3.63, 3.8) is 0 Å². The number of carbonyl (C=O) groups is 1. The van der Waals surface area contributed by atoms with E-state index in [0.717, 1.165) is 5.56 Å². The van der Waals surface area contributed by atoms with Crippen molar-refractivity contribution in [2.45, 2.75) is 6.92 Å². The molecule has 2 rings (SSSR count). The van der Waals surface area contributed by atoms with Crippen LogP contribution in [0.1, 0.15) is 22.8 Å². The van der Waals surface area contributed by atoms with Gasteiger partial charge in [-0.2, -0.15) is 0 Å². The van der Waals surface area contributed by atoms with Gasteiger partial charge in [-0.15, -0.1) is 0 Å². The van der Waals surface area contributed by atoms with Crippen LogP contribution in [0.4, 0.5) is 5.69 Å². The topological polar surface area (TPSA) is 94.7 Å². The largest absolute Gasteiger partial charge is 0.365 e. The molecule has 0 unspecified atom stereocenters. The van der Waals surface area contributed by atoms with Gasteiger partial charge >= 0.3 is 5.97 Å². The number of hydrogen-bond donors (Lipinski definition) is 0. The van der Waals surface area contributed by atoms with Gasteiger partial charge in [-0.3, -0.25) is 15.1 Å². The molecule has 7 heteroatoms. The van der Waals surface area contributed by atoms with Crippen LogP contribution < -0.4 is 0 Å². The molecule has 0 amide bonds. The number of rotatable bonds is 4. The molecule has 0 saturated heterocycles. The highest BCUT2D eigenvalue weighted by molar-refractivity contribution is 5.99. The van der Waals surface area contributed by atoms with Crippen LogP contribution in [0.25, 0.3) is 0 Å². The highest BCUT2D eigenvalue weighted by Gasteiger charge is 2.11. The average Bonchev–Trinajstić information content (AvgIpc) is 2.53. The lowest BCUT2D eigenvalue weighted by Gasteiger charge is -2.01. The highest BCUT2D eigenvalue weighted by atomic mass is 16.7. The van der Waals surface area contributed by atoms with Gasteiger partial charge in [-0.1, -0.05) is 5.16 Å². The van der Waals surface area contributed by atoms with Crippen LogP contribution in [0.2, 0.25) is 0 Å². The molecule has 0 spiro atoms. The van der Waals surface area contributed by atoms with Crippen LogP contribution in [-0.4, -0.2) is 21.6 Å². The Morgan fingerprint density at radius 1 is 1.14 bits per heavy atom. The molecule has 0 aliphatic rings. The number of non-ortho nitro benzene ring substituents is 1. The summed E-state index contributed by atoms with van der Waals surface area (Å²) in [5.41, 5.74) is 1.39. The molecule has 7 nitrogen and oxygen atoms in total. The number of pyridine rings is 1. The third-order valence-corrected chi connectivity index (χ3v) is 2.68. The third-order valence-electron chi connectivity index (χ3n) is 2.68. The molecule has 0 N–H and O–H groups in total. The molecular weight excluding hydrogens is 274 g/mol. The molecule has 1 heterocycles. The number of nitro benzene ring substituents is 1. The Labute approximate surface area is 120 Å². The van der Waals surface area contributed by atoms with Crippen molar-refractivity contribution in [3.05, 3.63) is 70.0 Å². The Bertz CT molecular complexity index is 681. The number of hydrogen-bond acceptors (Lipinski definition) is 6. The van der Waals surface area contributed by atoms with E-state index in [0.29, 0.717) is 5.71 Å². The Hall–Kier alpha value is -3.09. The molecule has 0 fully saturated rings. The Kier molecular flexibility index (Phi) is 4.35. The van der Waals surface area contributed by atoms with E-state index in [1.807, 2.05) is 0 Å². The van der Waals surface area contributed by atoms with Crippen LogP contribution in [-0.2, 0) is 4.84 Å². The molecule has 0 aliphatic heterocycles. The first-order valence-electron chi connectivity index (χ1n) is 5.98. The minimum absolute atomic E-state index is 0.0944. The fourth-order valence-electron chi connectivity index (χ4n) is 1.53. The smallest absolute Gasteiger partial charge is 0.313 e. The van der Waals surface area contributed by atoms with Crippen molar-refractivity contribution < 1.29 is 14.6 Å². The Balaban J connectivity index is 2.06. The van der Waals surface area contributed by atoms with E-state index in [4.69, 9.17) is 4.84 Å². The van der Waals surface area contributed by atoms with Gasteiger partial charge in [-0.05, 0) is 31.2 Å². The van der Waals surface area contributed by atoms with E-state index in [2.05, 4.69) is 10.1 Å². The van der Waals surface area contributed by atoms with Gasteiger partial charge in [0.15, 0.2) is 0 Å². The van der Waals surface area contributed by atoms with Crippen LogP contribution in [0.5, 0.6) is 0 Å². The van der Waals surface area contributed by atoms with Gasteiger partial charge in [0.2, 0.25) is 0 Å². The molecule has 0 atom stereocenters. The lowest BCUT2D eigenvalue weighted by Crippen LogP contribution is -2.04. The van der Waals surface area contributed by atoms with Crippen molar-refractivity contribution in [2.75, 3.05) is 0 Å². The molecule has 0 aliphatic carbocycles. The second kappa shape index (κ2) is 6.38. The molecule has 21 heavy (non-hydrogen) atoms. The molecule has 0 saturated carbocycles. The fourth-order valence-corrected chi connectivity index (χ4v) is 1.53. The SMILES string of the molecule is C/C(=N/OC(=O)c1ccc([N+](=O)[O-])cc1)c1ccncc1. The molecule has 0 bridgehead atoms. The Morgan fingerprint density at radius 3 is 2.33 bits per heavy atom. The summed E-state index contributed by atoms with van der Waals surface area (Å²) in [6.45, 7) is 1.69. The van der Waals surface area contributed by atoms with Crippen molar-refractivity contribution in [1.29, 1.82) is 0 Å². The predicted octanol–water partition coefficient (Wildman–Crippen LogP) is 2.57. The first-order chi connectivity index (χ1) is 10.1. The molecule has 106 valence electrons. The number of benzene rings is 1. The van der Waals surface area contributed by atoms with E-state index in [9.17, 15) is 14.9 Å². The summed E-state index contributed by atoms with van der Waals surface area (Å²) in [6, 6.07) is 8.57. The predicted molar refractivity (Wildman–Crippen MR) is 75.0 cm³/mol. The van der Waals surface area contributed by atoms with E-state index in [1.165, 1.54) is 24.3 Å². The molecule has 2 aromatic rings. The van der Waals surface area contributed by atoms with Crippen LogP contribution in [0.3, 0.4) is 0 Å². The first-order valence-corrected chi connectivity index (χ1v) is 5.98. The maximum Gasteiger partial charge on any atom is 0.365 e. The fraction of sp³-hybridized carbons (Fsp3) is 0.0714. The van der Waals surface area contributed by atoms with Gasteiger partial charge in [0.1, 0.15) is 0 Å². The number of aromatic nitrogens is 1. The number of nitro groups is 1. The monoisotopic (exact) mass is 285 g/mol. The van der Waals surface area contributed by atoms with Gasteiger partial charge < -0.3 is 4.84 Å². The highest BCUT2D eigenvalue weighted by Crippen LogP contribution is 2.13. The summed E-state index contributed by atoms with van der Waals surface area (Å²) in [6.07, 6.45) is 3.21. The van der Waals surface area contributed by atoms with E-state index in [1.54, 1.807) is 31.5 Å². The summed E-state index contributed by atoms with van der Waals surface area (Å²) in [5, 5.41) is 14.3.